The molecule has 2 aromatic heterocycles. The number of aliphatic carboxylic acids is 1. The van der Waals surface area contributed by atoms with Crippen LogP contribution in [0, 0.1) is 13.8 Å². The number of primary amides is 1. The van der Waals surface area contributed by atoms with E-state index in [2.05, 4.69) is 63.1 Å². The predicted molar refractivity (Wildman–Crippen MR) is 445 cm³/mol. The van der Waals surface area contributed by atoms with Gasteiger partial charge >= 0.3 is 24.2 Å². The van der Waals surface area contributed by atoms with Crippen LogP contribution in [0.3, 0.4) is 0 Å². The first kappa shape index (κ1) is 102. The summed E-state index contributed by atoms with van der Waals surface area (Å²) in [5, 5.41) is 35.6. The quantitative estimate of drug-likeness (QED) is 0.0301. The predicted octanol–water partition coefficient (Wildman–Crippen LogP) is 6.15. The maximum absolute atomic E-state index is 12.9. The van der Waals surface area contributed by atoms with Crippen molar-refractivity contribution in [2.45, 2.75) is 174 Å². The number of carboxylic acid groups (broad SMARTS) is 1. The number of nitrogens with zero attached hydrogens (tertiary/aromatic N) is 6. The molecule has 0 aliphatic carbocycles. The van der Waals surface area contributed by atoms with Gasteiger partial charge in [0.05, 0.1) is 23.3 Å². The number of alkyl carbamates (subject to hydrolysis) is 3. The topological polar surface area (TPSA) is 543 Å². The molecule has 0 radical (unpaired) electrons. The highest BCUT2D eigenvalue weighted by Gasteiger charge is 2.44. The fraction of sp³-hybridized carbons (Fsp3) is 0.457. The highest BCUT2D eigenvalue weighted by atomic mass is 79.9. The van der Waals surface area contributed by atoms with Crippen molar-refractivity contribution in [3.8, 4) is 0 Å². The number of benzene rings is 4. The summed E-state index contributed by atoms with van der Waals surface area (Å²) < 4.78 is 26.3. The van der Waals surface area contributed by atoms with Crippen molar-refractivity contribution in [3.63, 3.8) is 0 Å². The molecule has 6 heterocycles. The van der Waals surface area contributed by atoms with Gasteiger partial charge in [0.1, 0.15) is 78.9 Å². The first-order valence-electron chi connectivity index (χ1n) is 37.7. The molecule has 6 aromatic rings. The van der Waals surface area contributed by atoms with E-state index in [1.807, 2.05) is 31.2 Å². The molecule has 120 heavy (non-hydrogen) atoms. The standard InChI is InChI=1S/C22H28N4O5.C19H26N4O5.C19H25N3O6.C17H20N4O3.C3H5BrO.CH4O.ClH.H3N/c1-14-13-30-20(24-14)17-10-16(25-19(28)15-8-6-5-7-9-15)12-26(17)18(27)11-23-21(29)31-22(2,3)4;1-19(2,3)28-18(27)21-10-15(24)23-11-13(9-14(23)16(20)25)22-17(26)12-7-5-4-6-8-12;1-19(2,3)28-18(27)20-10-15(23)22-11-13(9-14(22)17(25)26)21-16(24)12-7-5-4-6-8-12;1-11-10-24-17(19-11)14-7-13(9-21(14)15(22)8-18)20-16(23)12-5-3-2-4-6-12;1-3(5)2-4;1-2;;/h5-9,13,16-17H,10-12H2,1-4H3,(H,23,29)(H,25,28);4-8,13-14H,9-11H2,1-3H3,(H2,20,25)(H,21,27)(H,22,26);4-8,13-14H,9-11H2,1-3H3,(H,20,27)(H,21,24)(H,25,26);2-6,10,13-14H,7-9,18H2,1H3,(H,20,23);2H2,1H3;2H,1H3;1H;1H3/t16-,17+;3*13-,14+;;;;/m1111..../s1. The highest BCUT2D eigenvalue weighted by molar-refractivity contribution is 9.09. The number of nitrogens with two attached hydrogens (primary N) is 2. The average molecular weight is 1760 g/mol. The Balaban J connectivity index is 0.000000401. The van der Waals surface area contributed by atoms with Gasteiger partial charge < -0.3 is 108 Å². The van der Waals surface area contributed by atoms with Gasteiger partial charge in [0.2, 0.25) is 41.3 Å². The summed E-state index contributed by atoms with van der Waals surface area (Å²) in [5.74, 6) is -3.33. The van der Waals surface area contributed by atoms with E-state index < -0.39 is 95.5 Å². The fourth-order valence-corrected chi connectivity index (χ4v) is 12.1. The van der Waals surface area contributed by atoms with Crippen LogP contribution in [0.5, 0.6) is 0 Å². The number of hydrogen-bond acceptors (Lipinski definition) is 24. The summed E-state index contributed by atoms with van der Waals surface area (Å²) in [6.07, 6.45) is 2.21. The van der Waals surface area contributed by atoms with Crippen LogP contribution < -0.4 is 54.8 Å². The lowest BCUT2D eigenvalue weighted by atomic mass is 10.1. The fourth-order valence-electron chi connectivity index (χ4n) is 12.1. The lowest BCUT2D eigenvalue weighted by Crippen LogP contribution is -2.48. The van der Waals surface area contributed by atoms with E-state index in [-0.39, 0.29) is 130 Å². The minimum atomic E-state index is -1.16. The molecule has 4 aliphatic heterocycles. The Morgan fingerprint density at radius 2 is 0.717 bits per heavy atom. The van der Waals surface area contributed by atoms with Gasteiger partial charge in [0, 0.05) is 86.1 Å². The van der Waals surface area contributed by atoms with E-state index in [1.165, 1.54) is 18.1 Å². The largest absolute Gasteiger partial charge is 0.480 e. The normalized spacial score (nSPS) is 18.1. The molecule has 0 unspecified atom stereocenters. The highest BCUT2D eigenvalue weighted by Crippen LogP contribution is 2.34. The number of amides is 12. The molecule has 10 rings (SSSR count). The molecule has 8 atom stereocenters. The molecule has 16 N–H and O–H groups in total. The SMILES string of the molecule is CC(=O)CBr.CC(C)(C)OC(=O)NCC(=O)N1C[C@H](NC(=O)c2ccccc2)C[C@H]1C(=O)O.CC(C)(C)OC(=O)NCC(=O)N1C[C@H](NC(=O)c2ccccc2)C[C@H]1C(N)=O.CO.Cc1coc([C@@H]2C[C@@H](NC(=O)c3ccccc3)CN2C(=O)CN)n1.Cc1coc([C@@H]2C[C@@H](NC(=O)c3ccccc3)CN2C(=O)CNC(=O)OC(C)(C)C)n1.Cl.N. The molecule has 4 fully saturated rings. The van der Waals surface area contributed by atoms with Crippen LogP contribution in [-0.2, 0) is 47.8 Å². The van der Waals surface area contributed by atoms with Crippen LogP contribution in [-0.4, -0.2) is 241 Å². The van der Waals surface area contributed by atoms with E-state index in [0.717, 1.165) is 17.7 Å². The third-order valence-electron chi connectivity index (χ3n) is 17.1. The van der Waals surface area contributed by atoms with E-state index in [9.17, 15) is 72.2 Å². The summed E-state index contributed by atoms with van der Waals surface area (Å²) in [6, 6.07) is 31.0. The first-order valence-corrected chi connectivity index (χ1v) is 38.8. The molecule has 0 spiro atoms. The molecular weight excluding hydrogens is 1650 g/mol. The Morgan fingerprint density at radius 3 is 0.967 bits per heavy atom. The van der Waals surface area contributed by atoms with Crippen molar-refractivity contribution >= 4 is 112 Å². The van der Waals surface area contributed by atoms with Crippen LogP contribution >= 0.6 is 28.3 Å². The Labute approximate surface area is 710 Å². The second kappa shape index (κ2) is 48.9. The van der Waals surface area contributed by atoms with E-state index in [4.69, 9.17) is 39.6 Å². The van der Waals surface area contributed by atoms with Gasteiger partial charge in [-0.05, 0) is 151 Å². The third kappa shape index (κ3) is 34.6. The number of likely N-dealkylation sites (tertiary alicyclic amines) is 4. The molecule has 4 saturated heterocycles. The van der Waals surface area contributed by atoms with Crippen molar-refractivity contribution in [2.24, 2.45) is 11.5 Å². The number of carboxylic acids is 1. The van der Waals surface area contributed by atoms with Gasteiger partial charge in [-0.2, -0.15) is 0 Å². The lowest BCUT2D eigenvalue weighted by Gasteiger charge is -2.23. The molecule has 12 amide bonds. The zero-order chi connectivity index (χ0) is 87.8. The molecule has 4 aliphatic rings. The number of alkyl halides is 1. The molecule has 0 saturated carbocycles. The van der Waals surface area contributed by atoms with Crippen LogP contribution in [0.15, 0.2) is 143 Å². The number of aryl methyl sites for hydroxylation is 2. The molecule has 656 valence electrons. The lowest BCUT2D eigenvalue weighted by molar-refractivity contribution is -0.147. The number of carbonyl (C=O) groups excluding carboxylic acids is 13. The maximum Gasteiger partial charge on any atom is 0.408 e. The summed E-state index contributed by atoms with van der Waals surface area (Å²) >= 11 is 2.96. The van der Waals surface area contributed by atoms with Crippen LogP contribution in [0.1, 0.15) is 172 Å². The van der Waals surface area contributed by atoms with Crippen LogP contribution in [0.25, 0.3) is 0 Å². The van der Waals surface area contributed by atoms with E-state index in [0.29, 0.717) is 64.4 Å². The van der Waals surface area contributed by atoms with E-state index >= 15 is 0 Å². The van der Waals surface area contributed by atoms with Crippen molar-refractivity contribution in [3.05, 3.63) is 179 Å². The number of Topliss-reactive ketones (excluding diaryl/α,β-unsaturated/α-hetero) is 1. The number of rotatable bonds is 20. The molecule has 4 aromatic carbocycles. The Hall–Kier alpha value is -11.9. The van der Waals surface area contributed by atoms with Gasteiger partial charge in [-0.3, -0.25) is 47.9 Å². The second-order valence-electron chi connectivity index (χ2n) is 30.3. The van der Waals surface area contributed by atoms with Crippen molar-refractivity contribution in [1.82, 2.24) is 72.9 Å². The third-order valence-corrected chi connectivity index (χ3v) is 17.9. The number of oxazole rings is 2. The molecular formula is C81H112BrClN16O21. The van der Waals surface area contributed by atoms with E-state index in [1.54, 1.807) is 182 Å². The number of hydrogen-bond donors (Lipinski definition) is 12. The maximum atomic E-state index is 12.9. The molecule has 39 heteroatoms. The van der Waals surface area contributed by atoms with Crippen molar-refractivity contribution in [1.29, 1.82) is 0 Å². The minimum absolute atomic E-state index is 0. The smallest absolute Gasteiger partial charge is 0.408 e. The van der Waals surface area contributed by atoms with Gasteiger partial charge in [-0.1, -0.05) is 88.7 Å². The number of carbonyl (C=O) groups is 14. The average Bonchev–Trinajstić information content (AvgIpc) is 1.68. The van der Waals surface area contributed by atoms with Gasteiger partial charge in [0.25, 0.3) is 23.6 Å². The zero-order valence-corrected chi connectivity index (χ0v) is 71.9. The molecule has 0 bridgehead atoms. The number of nitrogens with one attached hydrogen (secondary N) is 7. The van der Waals surface area contributed by atoms with Crippen LogP contribution in [0.4, 0.5) is 14.4 Å². The van der Waals surface area contributed by atoms with Crippen molar-refractivity contribution in [2.75, 3.05) is 64.8 Å². The number of halogens is 2. The molecule has 37 nitrogen and oxygen atoms in total. The summed E-state index contributed by atoms with van der Waals surface area (Å²) in [4.78, 5) is 182. The number of aromatic nitrogens is 2. The van der Waals surface area contributed by atoms with Crippen LogP contribution in [0.2, 0.25) is 0 Å². The number of aliphatic hydroxyl groups is 1. The van der Waals surface area contributed by atoms with Gasteiger partial charge in [-0.15, -0.1) is 12.4 Å². The monoisotopic (exact) mass is 1760 g/mol. The Morgan fingerprint density at radius 1 is 0.458 bits per heavy atom. The van der Waals surface area contributed by atoms with Gasteiger partial charge in [-0.25, -0.2) is 29.1 Å². The Bertz CT molecular complexity index is 4250. The first-order chi connectivity index (χ1) is 55.6. The zero-order valence-electron chi connectivity index (χ0n) is 69.5. The van der Waals surface area contributed by atoms with Gasteiger partial charge in [0.15, 0.2) is 0 Å². The summed E-state index contributed by atoms with van der Waals surface area (Å²) in [5.41, 5.74) is 12.4. The summed E-state index contributed by atoms with van der Waals surface area (Å²) in [6.45, 7) is 20.4. The number of ether oxygens (including phenoxy) is 3. The Kier molecular flexibility index (Phi) is 41.7. The minimum Gasteiger partial charge on any atom is -0.480 e. The van der Waals surface area contributed by atoms with Crippen molar-refractivity contribution < 1.29 is 100 Å². The second-order valence-corrected chi connectivity index (χ2v) is 30.9. The number of ketones is 1. The number of aliphatic hydroxyl groups excluding tert-OH is 1. The summed E-state index contributed by atoms with van der Waals surface area (Å²) in [7, 11) is 1.00.